The van der Waals surface area contributed by atoms with Crippen molar-refractivity contribution < 1.29 is 19.1 Å². The molecule has 0 aromatic heterocycles. The maximum absolute atomic E-state index is 11.7. The van der Waals surface area contributed by atoms with E-state index < -0.39 is 6.09 Å². The van der Waals surface area contributed by atoms with Crippen LogP contribution < -0.4 is 10.1 Å². The van der Waals surface area contributed by atoms with E-state index in [4.69, 9.17) is 9.47 Å². The number of hydrogen-bond donors (Lipinski definition) is 1. The topological polar surface area (TPSA) is 67.9 Å². The Labute approximate surface area is 155 Å². The second-order valence-electron chi connectivity index (χ2n) is 5.25. The molecule has 0 radical (unpaired) electrons. The van der Waals surface area contributed by atoms with Crippen molar-refractivity contribution in [1.82, 2.24) is 10.2 Å². The average Bonchev–Trinajstić information content (AvgIpc) is 3.12. The summed E-state index contributed by atoms with van der Waals surface area (Å²) in [6.45, 7) is 2.35. The van der Waals surface area contributed by atoms with E-state index in [9.17, 15) is 9.59 Å². The molecule has 1 heterocycles. The van der Waals surface area contributed by atoms with Crippen molar-refractivity contribution in [2.45, 2.75) is 12.8 Å². The lowest BCUT2D eigenvalue weighted by Gasteiger charge is -2.11. The van der Waals surface area contributed by atoms with Crippen molar-refractivity contribution >= 4 is 34.6 Å². The fraction of sp³-hybridized carbons (Fsp3) is 0.412. The Morgan fingerprint density at radius 3 is 2.58 bits per heavy atom. The monoisotopic (exact) mass is 444 g/mol. The zero-order chi connectivity index (χ0) is 17.2. The summed E-state index contributed by atoms with van der Waals surface area (Å²) >= 11 is 2.22. The maximum Gasteiger partial charge on any atom is 0.407 e. The average molecular weight is 444 g/mol. The van der Waals surface area contributed by atoms with E-state index in [0.29, 0.717) is 0 Å². The molecule has 1 aliphatic rings. The SMILES string of the molecule is O=C(NC/C=C/C(=O)N1CCCC1)OCCOc1ccc(I)cc1. The van der Waals surface area contributed by atoms with E-state index in [2.05, 4.69) is 27.9 Å². The highest BCUT2D eigenvalue weighted by molar-refractivity contribution is 14.1. The molecule has 1 fully saturated rings. The molecule has 0 aliphatic carbocycles. The minimum atomic E-state index is -0.528. The molecule has 130 valence electrons. The van der Waals surface area contributed by atoms with Gasteiger partial charge in [-0.1, -0.05) is 6.08 Å². The van der Waals surface area contributed by atoms with Gasteiger partial charge in [-0.2, -0.15) is 0 Å². The van der Waals surface area contributed by atoms with Crippen molar-refractivity contribution in [1.29, 1.82) is 0 Å². The molecule has 24 heavy (non-hydrogen) atoms. The fourth-order valence-electron chi connectivity index (χ4n) is 2.22. The van der Waals surface area contributed by atoms with Gasteiger partial charge in [0.2, 0.25) is 5.91 Å². The number of benzene rings is 1. The third kappa shape index (κ3) is 6.77. The molecule has 6 nitrogen and oxygen atoms in total. The van der Waals surface area contributed by atoms with Crippen molar-refractivity contribution in [2.24, 2.45) is 0 Å². The fourth-order valence-corrected chi connectivity index (χ4v) is 2.58. The predicted octanol–water partition coefficient (Wildman–Crippen LogP) is 2.57. The summed E-state index contributed by atoms with van der Waals surface area (Å²) in [5.41, 5.74) is 0. The lowest BCUT2D eigenvalue weighted by Crippen LogP contribution is -2.27. The van der Waals surface area contributed by atoms with Crippen LogP contribution in [0.15, 0.2) is 36.4 Å². The number of nitrogens with zero attached hydrogens (tertiary/aromatic N) is 1. The first-order valence-corrected chi connectivity index (χ1v) is 8.97. The molecule has 7 heteroatoms. The molecule has 2 amide bonds. The summed E-state index contributed by atoms with van der Waals surface area (Å²) in [4.78, 5) is 25.0. The third-order valence-electron chi connectivity index (χ3n) is 3.44. The van der Waals surface area contributed by atoms with E-state index in [1.165, 1.54) is 6.08 Å². The van der Waals surface area contributed by atoms with Gasteiger partial charge in [0.15, 0.2) is 0 Å². The van der Waals surface area contributed by atoms with Crippen molar-refractivity contribution in [2.75, 3.05) is 32.8 Å². The van der Waals surface area contributed by atoms with Crippen molar-refractivity contribution in [3.05, 3.63) is 40.0 Å². The van der Waals surface area contributed by atoms with Crippen LogP contribution in [0.3, 0.4) is 0 Å². The Hall–Kier alpha value is -1.77. The van der Waals surface area contributed by atoms with E-state index >= 15 is 0 Å². The van der Waals surface area contributed by atoms with Gasteiger partial charge in [0.25, 0.3) is 0 Å². The summed E-state index contributed by atoms with van der Waals surface area (Å²) in [6, 6.07) is 7.62. The maximum atomic E-state index is 11.7. The van der Waals surface area contributed by atoms with E-state index in [0.717, 1.165) is 35.3 Å². The van der Waals surface area contributed by atoms with Crippen LogP contribution in [-0.4, -0.2) is 49.7 Å². The van der Waals surface area contributed by atoms with E-state index in [-0.39, 0.29) is 25.7 Å². The van der Waals surface area contributed by atoms with Crippen LogP contribution >= 0.6 is 22.6 Å². The van der Waals surface area contributed by atoms with Gasteiger partial charge >= 0.3 is 6.09 Å². The largest absolute Gasteiger partial charge is 0.490 e. The van der Waals surface area contributed by atoms with Gasteiger partial charge in [-0.3, -0.25) is 4.79 Å². The highest BCUT2D eigenvalue weighted by Gasteiger charge is 2.14. The van der Waals surface area contributed by atoms with Gasteiger partial charge in [-0.05, 0) is 59.7 Å². The van der Waals surface area contributed by atoms with Gasteiger partial charge in [0, 0.05) is 29.3 Å². The normalized spacial score (nSPS) is 14.0. The van der Waals surface area contributed by atoms with Gasteiger partial charge in [-0.25, -0.2) is 4.79 Å². The molecule has 2 rings (SSSR count). The molecule has 1 saturated heterocycles. The second kappa shape index (κ2) is 10.2. The summed E-state index contributed by atoms with van der Waals surface area (Å²) in [6.07, 6.45) is 4.72. The summed E-state index contributed by atoms with van der Waals surface area (Å²) in [7, 11) is 0. The summed E-state index contributed by atoms with van der Waals surface area (Å²) in [5.74, 6) is 0.733. The Morgan fingerprint density at radius 1 is 1.17 bits per heavy atom. The van der Waals surface area contributed by atoms with Gasteiger partial charge in [0.1, 0.15) is 19.0 Å². The van der Waals surface area contributed by atoms with Crippen molar-refractivity contribution in [3.8, 4) is 5.75 Å². The second-order valence-corrected chi connectivity index (χ2v) is 6.50. The number of carbonyl (C=O) groups excluding carboxylic acids is 2. The summed E-state index contributed by atoms with van der Waals surface area (Å²) < 4.78 is 11.6. The first-order valence-electron chi connectivity index (χ1n) is 7.89. The highest BCUT2D eigenvalue weighted by Crippen LogP contribution is 2.13. The molecular weight excluding hydrogens is 423 g/mol. The molecule has 1 aliphatic heterocycles. The Bertz CT molecular complexity index is 568. The van der Waals surface area contributed by atoms with Gasteiger partial charge in [-0.15, -0.1) is 0 Å². The highest BCUT2D eigenvalue weighted by atomic mass is 127. The number of likely N-dealkylation sites (tertiary alicyclic amines) is 1. The number of hydrogen-bond acceptors (Lipinski definition) is 4. The molecule has 0 saturated carbocycles. The molecule has 0 unspecified atom stereocenters. The minimum absolute atomic E-state index is 0.00594. The van der Waals surface area contributed by atoms with Crippen molar-refractivity contribution in [3.63, 3.8) is 0 Å². The zero-order valence-electron chi connectivity index (χ0n) is 13.4. The number of amides is 2. The Morgan fingerprint density at radius 2 is 1.88 bits per heavy atom. The van der Waals surface area contributed by atoms with Crippen LogP contribution in [-0.2, 0) is 9.53 Å². The molecule has 1 N–H and O–H groups in total. The first kappa shape index (κ1) is 18.6. The number of nitrogens with one attached hydrogen (secondary N) is 1. The standard InChI is InChI=1S/C17H21IN2O4/c18-14-5-7-15(8-6-14)23-12-13-24-17(22)19-9-3-4-16(21)20-10-1-2-11-20/h3-8H,1-2,9-13H2,(H,19,22)/b4-3+. The van der Waals surface area contributed by atoms with Gasteiger partial charge < -0.3 is 19.7 Å². The predicted molar refractivity (Wildman–Crippen MR) is 99.0 cm³/mol. The summed E-state index contributed by atoms with van der Waals surface area (Å²) in [5, 5.41) is 2.56. The lowest BCUT2D eigenvalue weighted by atomic mass is 10.3. The van der Waals surface area contributed by atoms with Crippen LogP contribution in [0.5, 0.6) is 5.75 Å². The third-order valence-corrected chi connectivity index (χ3v) is 4.16. The number of alkyl carbamates (subject to hydrolysis) is 1. The Kier molecular flexibility index (Phi) is 7.87. The Balaban J connectivity index is 1.53. The van der Waals surface area contributed by atoms with Crippen LogP contribution in [0.1, 0.15) is 12.8 Å². The first-order chi connectivity index (χ1) is 11.6. The molecule has 0 atom stereocenters. The van der Waals surface area contributed by atoms with Gasteiger partial charge in [0.05, 0.1) is 0 Å². The van der Waals surface area contributed by atoms with Crippen LogP contribution in [0.4, 0.5) is 4.79 Å². The molecule has 1 aromatic rings. The van der Waals surface area contributed by atoms with E-state index in [1.54, 1.807) is 11.0 Å². The quantitative estimate of drug-likeness (QED) is 0.399. The zero-order valence-corrected chi connectivity index (χ0v) is 15.5. The number of halogens is 1. The van der Waals surface area contributed by atoms with Crippen LogP contribution in [0.2, 0.25) is 0 Å². The van der Waals surface area contributed by atoms with Crippen LogP contribution in [0, 0.1) is 3.57 Å². The smallest absolute Gasteiger partial charge is 0.407 e. The molecule has 0 spiro atoms. The molecular formula is C17H21IN2O4. The van der Waals surface area contributed by atoms with Crippen LogP contribution in [0.25, 0.3) is 0 Å². The number of ether oxygens (including phenoxy) is 2. The molecule has 0 bridgehead atoms. The number of carbonyl (C=O) groups is 2. The number of rotatable bonds is 7. The lowest BCUT2D eigenvalue weighted by molar-refractivity contribution is -0.125. The molecule has 1 aromatic carbocycles. The van der Waals surface area contributed by atoms with E-state index in [1.807, 2.05) is 24.3 Å². The minimum Gasteiger partial charge on any atom is -0.490 e.